The average Bonchev–Trinajstić information content (AvgIpc) is 2.39. The van der Waals surface area contributed by atoms with Crippen LogP contribution in [0.2, 0.25) is 0 Å². The van der Waals surface area contributed by atoms with Crippen LogP contribution < -0.4 is 10.6 Å². The molecule has 0 spiro atoms. The van der Waals surface area contributed by atoms with Gasteiger partial charge in [-0.1, -0.05) is 6.07 Å². The standard InChI is InChI=1S/C13H14F2N4/c1-19(8-6-16)13-17-7-5-11(18-13)12-9(14)3-2-4-10(12)15/h2-5,7H,6,8,16H2,1H3. The number of benzene rings is 1. The maximum absolute atomic E-state index is 13.7. The molecule has 0 saturated carbocycles. The third-order valence-corrected chi connectivity index (χ3v) is 2.67. The van der Waals surface area contributed by atoms with E-state index in [-0.39, 0.29) is 11.3 Å². The normalized spacial score (nSPS) is 10.5. The van der Waals surface area contributed by atoms with Gasteiger partial charge in [-0.25, -0.2) is 18.7 Å². The van der Waals surface area contributed by atoms with Crippen molar-refractivity contribution in [1.82, 2.24) is 9.97 Å². The fourth-order valence-electron chi connectivity index (χ4n) is 1.71. The zero-order valence-electron chi connectivity index (χ0n) is 10.5. The molecule has 1 aromatic heterocycles. The number of hydrogen-bond acceptors (Lipinski definition) is 4. The van der Waals surface area contributed by atoms with Crippen LogP contribution in [0.4, 0.5) is 14.7 Å². The molecule has 100 valence electrons. The highest BCUT2D eigenvalue weighted by Crippen LogP contribution is 2.24. The Morgan fingerprint density at radius 3 is 2.53 bits per heavy atom. The van der Waals surface area contributed by atoms with Crippen LogP contribution in [0, 0.1) is 11.6 Å². The Morgan fingerprint density at radius 1 is 1.21 bits per heavy atom. The highest BCUT2D eigenvalue weighted by Gasteiger charge is 2.13. The lowest BCUT2D eigenvalue weighted by molar-refractivity contribution is 0.588. The van der Waals surface area contributed by atoms with E-state index in [0.29, 0.717) is 19.0 Å². The predicted octanol–water partition coefficient (Wildman–Crippen LogP) is 1.82. The monoisotopic (exact) mass is 264 g/mol. The van der Waals surface area contributed by atoms with Crippen molar-refractivity contribution in [3.63, 3.8) is 0 Å². The number of rotatable bonds is 4. The Bertz CT molecular complexity index is 554. The second kappa shape index (κ2) is 5.71. The molecule has 0 aliphatic rings. The average molecular weight is 264 g/mol. The smallest absolute Gasteiger partial charge is 0.225 e. The fourth-order valence-corrected chi connectivity index (χ4v) is 1.71. The van der Waals surface area contributed by atoms with Gasteiger partial charge in [-0.2, -0.15) is 0 Å². The molecule has 0 amide bonds. The topological polar surface area (TPSA) is 55.0 Å². The Morgan fingerprint density at radius 2 is 1.89 bits per heavy atom. The van der Waals surface area contributed by atoms with Gasteiger partial charge in [0, 0.05) is 26.3 Å². The van der Waals surface area contributed by atoms with Crippen LogP contribution in [0.15, 0.2) is 30.5 Å². The summed E-state index contributed by atoms with van der Waals surface area (Å²) in [5.41, 5.74) is 5.51. The van der Waals surface area contributed by atoms with E-state index < -0.39 is 11.6 Å². The van der Waals surface area contributed by atoms with Crippen LogP contribution in [0.3, 0.4) is 0 Å². The second-order valence-electron chi connectivity index (χ2n) is 4.05. The summed E-state index contributed by atoms with van der Waals surface area (Å²) in [6, 6.07) is 5.19. The minimum atomic E-state index is -0.647. The molecule has 0 aliphatic carbocycles. The first-order valence-electron chi connectivity index (χ1n) is 5.82. The van der Waals surface area contributed by atoms with Crippen molar-refractivity contribution in [3.8, 4) is 11.3 Å². The third kappa shape index (κ3) is 2.85. The molecule has 0 unspecified atom stereocenters. The molecule has 0 saturated heterocycles. The molecular formula is C13H14F2N4. The summed E-state index contributed by atoms with van der Waals surface area (Å²) in [5.74, 6) is -0.914. The summed E-state index contributed by atoms with van der Waals surface area (Å²) in [7, 11) is 1.77. The van der Waals surface area contributed by atoms with Crippen LogP contribution in [-0.2, 0) is 0 Å². The zero-order chi connectivity index (χ0) is 13.8. The van der Waals surface area contributed by atoms with Crippen LogP contribution in [0.1, 0.15) is 0 Å². The van der Waals surface area contributed by atoms with Crippen molar-refractivity contribution >= 4 is 5.95 Å². The van der Waals surface area contributed by atoms with Crippen LogP contribution in [0.25, 0.3) is 11.3 Å². The molecule has 0 aliphatic heterocycles. The number of aromatic nitrogens is 2. The molecule has 2 aromatic rings. The van der Waals surface area contributed by atoms with Crippen molar-refractivity contribution in [2.45, 2.75) is 0 Å². The Labute approximate surface area is 109 Å². The molecule has 0 bridgehead atoms. The first-order chi connectivity index (χ1) is 9.13. The summed E-state index contributed by atoms with van der Waals surface area (Å²) in [6.07, 6.45) is 1.47. The maximum Gasteiger partial charge on any atom is 0.225 e. The number of nitrogens with zero attached hydrogens (tertiary/aromatic N) is 3. The summed E-state index contributed by atoms with van der Waals surface area (Å²) in [6.45, 7) is 1.00. The first kappa shape index (κ1) is 13.4. The number of anilines is 1. The zero-order valence-corrected chi connectivity index (χ0v) is 10.5. The van der Waals surface area contributed by atoms with E-state index in [1.165, 1.54) is 30.5 Å². The van der Waals surface area contributed by atoms with E-state index in [1.54, 1.807) is 11.9 Å². The van der Waals surface area contributed by atoms with Gasteiger partial charge in [0.05, 0.1) is 11.3 Å². The van der Waals surface area contributed by atoms with Gasteiger partial charge < -0.3 is 10.6 Å². The van der Waals surface area contributed by atoms with Gasteiger partial charge in [-0.3, -0.25) is 0 Å². The van der Waals surface area contributed by atoms with Gasteiger partial charge in [0.25, 0.3) is 0 Å². The molecule has 6 heteroatoms. The minimum absolute atomic E-state index is 0.146. The molecule has 1 heterocycles. The van der Waals surface area contributed by atoms with Gasteiger partial charge in [0.15, 0.2) is 0 Å². The SMILES string of the molecule is CN(CCN)c1nccc(-c2c(F)cccc2F)n1. The summed E-state index contributed by atoms with van der Waals surface area (Å²) >= 11 is 0. The minimum Gasteiger partial charge on any atom is -0.343 e. The van der Waals surface area contributed by atoms with Gasteiger partial charge in [0.2, 0.25) is 5.95 Å². The van der Waals surface area contributed by atoms with Gasteiger partial charge >= 0.3 is 0 Å². The number of nitrogens with two attached hydrogens (primary N) is 1. The summed E-state index contributed by atoms with van der Waals surface area (Å²) < 4.78 is 27.4. The molecule has 1 aromatic carbocycles. The highest BCUT2D eigenvalue weighted by atomic mass is 19.1. The quantitative estimate of drug-likeness (QED) is 0.915. The third-order valence-electron chi connectivity index (χ3n) is 2.67. The molecule has 0 atom stereocenters. The van der Waals surface area contributed by atoms with Gasteiger partial charge in [-0.05, 0) is 18.2 Å². The second-order valence-corrected chi connectivity index (χ2v) is 4.05. The maximum atomic E-state index is 13.7. The first-order valence-corrected chi connectivity index (χ1v) is 5.82. The number of halogens is 2. The lowest BCUT2D eigenvalue weighted by Gasteiger charge is -2.16. The summed E-state index contributed by atoms with van der Waals surface area (Å²) in [5, 5.41) is 0. The van der Waals surface area contributed by atoms with E-state index in [2.05, 4.69) is 9.97 Å². The number of hydrogen-bond donors (Lipinski definition) is 1. The van der Waals surface area contributed by atoms with E-state index in [4.69, 9.17) is 5.73 Å². The lowest BCUT2D eigenvalue weighted by Crippen LogP contribution is -2.26. The molecule has 19 heavy (non-hydrogen) atoms. The molecule has 0 fully saturated rings. The van der Waals surface area contributed by atoms with Crippen molar-refractivity contribution in [2.24, 2.45) is 5.73 Å². The number of likely N-dealkylation sites (N-methyl/N-ethyl adjacent to an activating group) is 1. The largest absolute Gasteiger partial charge is 0.343 e. The molecule has 2 N–H and O–H groups in total. The summed E-state index contributed by atoms with van der Waals surface area (Å²) in [4.78, 5) is 9.94. The van der Waals surface area contributed by atoms with Crippen LogP contribution in [0.5, 0.6) is 0 Å². The molecular weight excluding hydrogens is 250 g/mol. The van der Waals surface area contributed by atoms with E-state index >= 15 is 0 Å². The predicted molar refractivity (Wildman–Crippen MR) is 69.7 cm³/mol. The van der Waals surface area contributed by atoms with Crippen LogP contribution in [-0.4, -0.2) is 30.1 Å². The van der Waals surface area contributed by atoms with Crippen molar-refractivity contribution in [2.75, 3.05) is 25.0 Å². The van der Waals surface area contributed by atoms with Crippen LogP contribution >= 0.6 is 0 Å². The fraction of sp³-hybridized carbons (Fsp3) is 0.231. The van der Waals surface area contributed by atoms with Crippen molar-refractivity contribution in [1.29, 1.82) is 0 Å². The van der Waals surface area contributed by atoms with Gasteiger partial charge in [0.1, 0.15) is 11.6 Å². The highest BCUT2D eigenvalue weighted by molar-refractivity contribution is 5.61. The molecule has 0 radical (unpaired) electrons. The Hall–Kier alpha value is -2.08. The van der Waals surface area contributed by atoms with E-state index in [9.17, 15) is 8.78 Å². The van der Waals surface area contributed by atoms with Crippen molar-refractivity contribution < 1.29 is 8.78 Å². The van der Waals surface area contributed by atoms with E-state index in [1.807, 2.05) is 0 Å². The Kier molecular flexibility index (Phi) is 4.01. The van der Waals surface area contributed by atoms with Gasteiger partial charge in [-0.15, -0.1) is 0 Å². The molecule has 4 nitrogen and oxygen atoms in total. The lowest BCUT2D eigenvalue weighted by atomic mass is 10.1. The molecule has 2 rings (SSSR count). The van der Waals surface area contributed by atoms with E-state index in [0.717, 1.165) is 0 Å². The Balaban J connectivity index is 2.44. The van der Waals surface area contributed by atoms with Crippen molar-refractivity contribution in [3.05, 3.63) is 42.1 Å².